The van der Waals surface area contributed by atoms with Gasteiger partial charge in [0, 0.05) is 17.8 Å². The van der Waals surface area contributed by atoms with E-state index in [0.717, 1.165) is 42.7 Å². The van der Waals surface area contributed by atoms with Crippen molar-refractivity contribution in [1.82, 2.24) is 25.0 Å². The zero-order valence-corrected chi connectivity index (χ0v) is 20.9. The molecule has 3 aromatic rings. The van der Waals surface area contributed by atoms with E-state index < -0.39 is 5.54 Å². The Kier molecular flexibility index (Phi) is 6.76. The number of hydrogen-bond acceptors (Lipinski definition) is 5. The summed E-state index contributed by atoms with van der Waals surface area (Å²) in [5.41, 5.74) is 1.69. The molecule has 1 atom stereocenters. The van der Waals surface area contributed by atoms with Gasteiger partial charge >= 0.3 is 0 Å². The zero-order valence-electron chi connectivity index (χ0n) is 20.9. The van der Waals surface area contributed by atoms with E-state index in [-0.39, 0.29) is 30.9 Å². The van der Waals surface area contributed by atoms with Gasteiger partial charge < -0.3 is 15.0 Å². The second-order valence-electron chi connectivity index (χ2n) is 9.82. The summed E-state index contributed by atoms with van der Waals surface area (Å²) in [6.45, 7) is 4.91. The van der Waals surface area contributed by atoms with E-state index in [1.165, 1.54) is 6.42 Å². The van der Waals surface area contributed by atoms with Gasteiger partial charge in [0.2, 0.25) is 5.91 Å². The molecule has 8 nitrogen and oxygen atoms in total. The number of pyridine rings is 1. The number of nitrogens with zero attached hydrogens (tertiary/aromatic N) is 4. The summed E-state index contributed by atoms with van der Waals surface area (Å²) in [7, 11) is 0. The van der Waals surface area contributed by atoms with Gasteiger partial charge in [-0.25, -0.2) is 0 Å². The topological polar surface area (TPSA) is 89.3 Å². The third kappa shape index (κ3) is 4.72. The second kappa shape index (κ2) is 10.1. The lowest BCUT2D eigenvalue weighted by molar-refractivity contribution is -0.134. The van der Waals surface area contributed by atoms with Gasteiger partial charge in [0.05, 0.1) is 31.1 Å². The lowest BCUT2D eigenvalue weighted by Crippen LogP contribution is -2.64. The molecule has 0 bridgehead atoms. The average Bonchev–Trinajstić information content (AvgIpc) is 3.32. The van der Waals surface area contributed by atoms with E-state index in [1.54, 1.807) is 15.8 Å². The molecule has 36 heavy (non-hydrogen) atoms. The molecule has 0 spiro atoms. The van der Waals surface area contributed by atoms with E-state index in [1.807, 2.05) is 62.4 Å². The summed E-state index contributed by atoms with van der Waals surface area (Å²) in [6, 6.07) is 15.2. The fourth-order valence-electron chi connectivity index (χ4n) is 5.16. The molecule has 2 aliphatic rings. The minimum atomic E-state index is -1.10. The zero-order chi connectivity index (χ0) is 25.1. The Morgan fingerprint density at radius 2 is 1.92 bits per heavy atom. The maximum atomic E-state index is 13.9. The maximum Gasteiger partial charge on any atom is 0.273 e. The Bertz CT molecular complexity index is 1220. The number of carbonyl (C=O) groups is 2. The van der Waals surface area contributed by atoms with E-state index in [9.17, 15) is 9.59 Å². The van der Waals surface area contributed by atoms with Crippen LogP contribution in [0.5, 0.6) is 5.75 Å². The first-order chi connectivity index (χ1) is 17.5. The average molecular weight is 488 g/mol. The molecule has 5 rings (SSSR count). The van der Waals surface area contributed by atoms with Crippen molar-refractivity contribution >= 4 is 11.8 Å². The Morgan fingerprint density at radius 1 is 1.14 bits per heavy atom. The maximum absolute atomic E-state index is 13.9. The van der Waals surface area contributed by atoms with Crippen LogP contribution in [-0.2, 0) is 17.9 Å². The monoisotopic (exact) mass is 487 g/mol. The number of rotatable bonds is 7. The molecule has 188 valence electrons. The second-order valence-corrected chi connectivity index (χ2v) is 9.82. The van der Waals surface area contributed by atoms with Gasteiger partial charge in [-0.05, 0) is 69.2 Å². The highest BCUT2D eigenvalue weighted by molar-refractivity contribution is 6.00. The van der Waals surface area contributed by atoms with Crippen molar-refractivity contribution in [2.24, 2.45) is 0 Å². The highest BCUT2D eigenvalue weighted by Crippen LogP contribution is 2.32. The van der Waals surface area contributed by atoms with Crippen LogP contribution in [0.4, 0.5) is 0 Å². The van der Waals surface area contributed by atoms with E-state index in [2.05, 4.69) is 10.3 Å². The largest absolute Gasteiger partial charge is 0.494 e. The Balaban J connectivity index is 1.47. The minimum Gasteiger partial charge on any atom is -0.494 e. The van der Waals surface area contributed by atoms with Crippen LogP contribution < -0.4 is 10.1 Å². The van der Waals surface area contributed by atoms with Crippen molar-refractivity contribution in [3.05, 3.63) is 66.1 Å². The molecular formula is C28H33N5O3. The predicted octanol–water partition coefficient (Wildman–Crippen LogP) is 4.21. The summed E-state index contributed by atoms with van der Waals surface area (Å²) in [6.07, 6.45) is 7.10. The number of benzene rings is 1. The van der Waals surface area contributed by atoms with Gasteiger partial charge in [-0.15, -0.1) is 0 Å². The van der Waals surface area contributed by atoms with Crippen LogP contribution >= 0.6 is 0 Å². The molecule has 1 saturated carbocycles. The molecule has 2 amide bonds. The number of hydrogen-bond donors (Lipinski definition) is 1. The number of aromatic nitrogens is 3. The van der Waals surface area contributed by atoms with Crippen molar-refractivity contribution in [3.8, 4) is 17.0 Å². The molecule has 1 aliphatic heterocycles. The molecular weight excluding hydrogens is 454 g/mol. The third-order valence-corrected chi connectivity index (χ3v) is 7.23. The van der Waals surface area contributed by atoms with Crippen LogP contribution in [0.25, 0.3) is 11.3 Å². The number of amides is 2. The van der Waals surface area contributed by atoms with Crippen molar-refractivity contribution in [2.45, 2.75) is 70.6 Å². The first-order valence-corrected chi connectivity index (χ1v) is 12.8. The van der Waals surface area contributed by atoms with Gasteiger partial charge in [-0.1, -0.05) is 25.3 Å². The SMILES string of the molecule is CCOc1ccc(-c2cc3n(n2)CC(C)(C(=O)NC2CCCCC2)N(Cc2ccccn2)C3=O)cc1. The Morgan fingerprint density at radius 3 is 2.61 bits per heavy atom. The van der Waals surface area contributed by atoms with Crippen LogP contribution in [0.2, 0.25) is 0 Å². The van der Waals surface area contributed by atoms with Crippen molar-refractivity contribution in [3.63, 3.8) is 0 Å². The van der Waals surface area contributed by atoms with Crippen LogP contribution in [0.1, 0.15) is 62.1 Å². The summed E-state index contributed by atoms with van der Waals surface area (Å²) < 4.78 is 7.23. The van der Waals surface area contributed by atoms with E-state index in [0.29, 0.717) is 18.0 Å². The van der Waals surface area contributed by atoms with Crippen LogP contribution in [0, 0.1) is 0 Å². The highest BCUT2D eigenvalue weighted by Gasteiger charge is 2.48. The molecule has 3 heterocycles. The quantitative estimate of drug-likeness (QED) is 0.539. The fourth-order valence-corrected chi connectivity index (χ4v) is 5.16. The molecule has 0 saturated heterocycles. The van der Waals surface area contributed by atoms with Crippen molar-refractivity contribution < 1.29 is 14.3 Å². The van der Waals surface area contributed by atoms with Gasteiger partial charge in [0.1, 0.15) is 17.0 Å². The molecule has 1 fully saturated rings. The molecule has 0 radical (unpaired) electrons. The van der Waals surface area contributed by atoms with E-state index in [4.69, 9.17) is 9.84 Å². The van der Waals surface area contributed by atoms with Crippen LogP contribution in [0.3, 0.4) is 0 Å². The van der Waals surface area contributed by atoms with Crippen molar-refractivity contribution in [2.75, 3.05) is 6.61 Å². The minimum absolute atomic E-state index is 0.137. The van der Waals surface area contributed by atoms with Crippen LogP contribution in [-0.4, -0.2) is 49.7 Å². The molecule has 1 unspecified atom stereocenters. The fraction of sp³-hybridized carbons (Fsp3) is 0.429. The van der Waals surface area contributed by atoms with E-state index >= 15 is 0 Å². The number of fused-ring (bicyclic) bond motifs is 1. The van der Waals surface area contributed by atoms with Crippen molar-refractivity contribution in [1.29, 1.82) is 0 Å². The highest BCUT2D eigenvalue weighted by atomic mass is 16.5. The van der Waals surface area contributed by atoms with Gasteiger partial charge in [0.25, 0.3) is 5.91 Å². The molecule has 1 N–H and O–H groups in total. The number of ether oxygens (including phenoxy) is 1. The molecule has 2 aromatic heterocycles. The summed E-state index contributed by atoms with van der Waals surface area (Å²) in [4.78, 5) is 33.7. The summed E-state index contributed by atoms with van der Waals surface area (Å²) >= 11 is 0. The molecule has 8 heteroatoms. The van der Waals surface area contributed by atoms with Gasteiger partial charge in [0.15, 0.2) is 0 Å². The number of carbonyl (C=O) groups excluding carboxylic acids is 2. The normalized spacial score (nSPS) is 20.2. The van der Waals surface area contributed by atoms with Gasteiger partial charge in [-0.3, -0.25) is 19.3 Å². The first kappa shape index (κ1) is 24.0. The molecule has 1 aromatic carbocycles. The first-order valence-electron chi connectivity index (χ1n) is 12.8. The smallest absolute Gasteiger partial charge is 0.273 e. The lowest BCUT2D eigenvalue weighted by Gasteiger charge is -2.43. The summed E-state index contributed by atoms with van der Waals surface area (Å²) in [5.74, 6) is 0.426. The van der Waals surface area contributed by atoms with Gasteiger partial charge in [-0.2, -0.15) is 5.10 Å². The summed E-state index contributed by atoms with van der Waals surface area (Å²) in [5, 5.41) is 7.99. The van der Waals surface area contributed by atoms with Crippen LogP contribution in [0.15, 0.2) is 54.7 Å². The predicted molar refractivity (Wildman–Crippen MR) is 136 cm³/mol. The lowest BCUT2D eigenvalue weighted by atomic mass is 9.91. The Labute approximate surface area is 211 Å². The Hall–Kier alpha value is -3.68. The third-order valence-electron chi connectivity index (χ3n) is 7.23. The molecule has 1 aliphatic carbocycles. The number of nitrogens with one attached hydrogen (secondary N) is 1. The standard InChI is InChI=1S/C28H33N5O3/c1-3-36-23-14-12-20(13-15-23)24-17-25-26(34)32(18-22-11-7-8-16-29-22)28(2,19-33(25)31-24)27(35)30-21-9-5-4-6-10-21/h7-8,11-17,21H,3-6,9-10,18-19H2,1-2H3,(H,30,35).